The van der Waals surface area contributed by atoms with Crippen LogP contribution in [0.3, 0.4) is 0 Å². The SMILES string of the molecule is Cc1ccc(C2=CC3(C2)OCCO3)c(O)c1. The third-order valence-electron chi connectivity index (χ3n) is 3.11. The lowest BCUT2D eigenvalue weighted by molar-refractivity contribution is -0.121. The summed E-state index contributed by atoms with van der Waals surface area (Å²) in [5, 5.41) is 9.84. The summed E-state index contributed by atoms with van der Waals surface area (Å²) in [6, 6.07) is 5.72. The number of aryl methyl sites for hydroxylation is 1. The second-order valence-electron chi connectivity index (χ2n) is 4.38. The molecule has 1 aliphatic carbocycles. The van der Waals surface area contributed by atoms with Gasteiger partial charge in [0.25, 0.3) is 0 Å². The molecule has 1 spiro atoms. The molecule has 16 heavy (non-hydrogen) atoms. The maximum Gasteiger partial charge on any atom is 0.192 e. The third-order valence-corrected chi connectivity index (χ3v) is 3.11. The Morgan fingerprint density at radius 3 is 2.56 bits per heavy atom. The number of ether oxygens (including phenoxy) is 2. The van der Waals surface area contributed by atoms with Crippen molar-refractivity contribution in [2.45, 2.75) is 19.1 Å². The van der Waals surface area contributed by atoms with Crippen molar-refractivity contribution in [3.63, 3.8) is 0 Å². The van der Waals surface area contributed by atoms with Crippen molar-refractivity contribution < 1.29 is 14.6 Å². The Balaban J connectivity index is 1.90. The van der Waals surface area contributed by atoms with E-state index in [-0.39, 0.29) is 0 Å². The summed E-state index contributed by atoms with van der Waals surface area (Å²) in [4.78, 5) is 0. The zero-order chi connectivity index (χ0) is 11.2. The molecule has 1 aromatic rings. The molecule has 2 aliphatic rings. The minimum absolute atomic E-state index is 0.332. The van der Waals surface area contributed by atoms with Crippen molar-refractivity contribution in [3.8, 4) is 5.75 Å². The first kappa shape index (κ1) is 9.87. The van der Waals surface area contributed by atoms with Crippen LogP contribution in [0.2, 0.25) is 0 Å². The van der Waals surface area contributed by atoms with Crippen molar-refractivity contribution in [2.75, 3.05) is 13.2 Å². The molecule has 0 radical (unpaired) electrons. The van der Waals surface area contributed by atoms with E-state index in [1.807, 2.05) is 25.1 Å². The fraction of sp³-hybridized carbons (Fsp3) is 0.385. The van der Waals surface area contributed by atoms with Gasteiger partial charge in [-0.25, -0.2) is 0 Å². The van der Waals surface area contributed by atoms with E-state index in [0.717, 1.165) is 23.1 Å². The Kier molecular flexibility index (Phi) is 2.06. The normalized spacial score (nSPS) is 21.9. The molecule has 1 fully saturated rings. The fourth-order valence-electron chi connectivity index (χ4n) is 2.24. The molecule has 3 heteroatoms. The first-order chi connectivity index (χ1) is 7.69. The standard InChI is InChI=1S/C13H14O3/c1-9-2-3-11(12(14)6-9)10-7-13(8-10)15-4-5-16-13/h2-3,6-7,14H,4-5,8H2,1H3. The van der Waals surface area contributed by atoms with Gasteiger partial charge in [-0.15, -0.1) is 0 Å². The number of phenolic OH excluding ortho intramolecular Hbond substituents is 1. The van der Waals surface area contributed by atoms with Gasteiger partial charge in [0.1, 0.15) is 5.75 Å². The number of hydrogen-bond donors (Lipinski definition) is 1. The first-order valence-electron chi connectivity index (χ1n) is 5.48. The van der Waals surface area contributed by atoms with E-state index < -0.39 is 5.79 Å². The van der Waals surface area contributed by atoms with Gasteiger partial charge in [0.05, 0.1) is 13.2 Å². The highest BCUT2D eigenvalue weighted by Crippen LogP contribution is 2.45. The molecule has 3 rings (SSSR count). The molecular formula is C13H14O3. The lowest BCUT2D eigenvalue weighted by atomic mass is 9.85. The van der Waals surface area contributed by atoms with Crippen LogP contribution in [0.1, 0.15) is 17.5 Å². The lowest BCUT2D eigenvalue weighted by Crippen LogP contribution is -2.34. The fourth-order valence-corrected chi connectivity index (χ4v) is 2.24. The number of hydrogen-bond acceptors (Lipinski definition) is 3. The highest BCUT2D eigenvalue weighted by atomic mass is 16.7. The van der Waals surface area contributed by atoms with E-state index in [1.54, 1.807) is 6.07 Å². The second kappa shape index (κ2) is 3.34. The molecule has 0 unspecified atom stereocenters. The molecule has 3 nitrogen and oxygen atoms in total. The smallest absolute Gasteiger partial charge is 0.192 e. The highest BCUT2D eigenvalue weighted by molar-refractivity contribution is 5.76. The largest absolute Gasteiger partial charge is 0.507 e. The molecule has 1 heterocycles. The summed E-state index contributed by atoms with van der Waals surface area (Å²) in [5.41, 5.74) is 3.04. The van der Waals surface area contributed by atoms with E-state index in [2.05, 4.69) is 0 Å². The van der Waals surface area contributed by atoms with Crippen LogP contribution in [0, 0.1) is 6.92 Å². The second-order valence-corrected chi connectivity index (χ2v) is 4.38. The van der Waals surface area contributed by atoms with Crippen LogP contribution >= 0.6 is 0 Å². The number of phenols is 1. The van der Waals surface area contributed by atoms with Crippen LogP contribution in [-0.2, 0) is 9.47 Å². The van der Waals surface area contributed by atoms with Gasteiger partial charge in [-0.1, -0.05) is 12.1 Å². The van der Waals surface area contributed by atoms with Crippen molar-refractivity contribution in [2.24, 2.45) is 0 Å². The first-order valence-corrected chi connectivity index (χ1v) is 5.48. The van der Waals surface area contributed by atoms with Gasteiger partial charge in [0.2, 0.25) is 0 Å². The summed E-state index contributed by atoms with van der Waals surface area (Å²) >= 11 is 0. The van der Waals surface area contributed by atoms with E-state index >= 15 is 0 Å². The van der Waals surface area contributed by atoms with E-state index in [1.165, 1.54) is 0 Å². The average Bonchev–Trinajstić information content (AvgIpc) is 2.65. The third kappa shape index (κ3) is 1.44. The Hall–Kier alpha value is -1.32. The molecule has 0 amide bonds. The molecule has 84 valence electrons. The van der Waals surface area contributed by atoms with Crippen LogP contribution in [-0.4, -0.2) is 24.1 Å². The number of aromatic hydroxyl groups is 1. The quantitative estimate of drug-likeness (QED) is 0.785. The van der Waals surface area contributed by atoms with Crippen LogP contribution in [0.5, 0.6) is 5.75 Å². The van der Waals surface area contributed by atoms with Crippen molar-refractivity contribution >= 4 is 5.57 Å². The molecule has 0 bridgehead atoms. The average molecular weight is 218 g/mol. The maximum absolute atomic E-state index is 9.84. The molecule has 1 saturated heterocycles. The Labute approximate surface area is 94.3 Å². The van der Waals surface area contributed by atoms with E-state index in [0.29, 0.717) is 19.0 Å². The molecule has 1 N–H and O–H groups in total. The van der Waals surface area contributed by atoms with Gasteiger partial charge < -0.3 is 14.6 Å². The topological polar surface area (TPSA) is 38.7 Å². The summed E-state index contributed by atoms with van der Waals surface area (Å²) < 4.78 is 11.0. The summed E-state index contributed by atoms with van der Waals surface area (Å²) in [6.07, 6.45) is 2.69. The molecule has 0 atom stereocenters. The van der Waals surface area contributed by atoms with Crippen molar-refractivity contribution in [1.82, 2.24) is 0 Å². The van der Waals surface area contributed by atoms with Crippen molar-refractivity contribution in [3.05, 3.63) is 35.4 Å². The van der Waals surface area contributed by atoms with Gasteiger partial charge in [-0.3, -0.25) is 0 Å². The summed E-state index contributed by atoms with van der Waals surface area (Å²) in [5.74, 6) is -0.161. The minimum Gasteiger partial charge on any atom is -0.507 e. The van der Waals surface area contributed by atoms with Gasteiger partial charge in [0, 0.05) is 12.0 Å². The molecule has 0 saturated carbocycles. The molecule has 0 aromatic heterocycles. The molecule has 1 aromatic carbocycles. The van der Waals surface area contributed by atoms with Gasteiger partial charge in [-0.05, 0) is 30.2 Å². The summed E-state index contributed by atoms with van der Waals surface area (Å²) in [7, 11) is 0. The van der Waals surface area contributed by atoms with Crippen molar-refractivity contribution in [1.29, 1.82) is 0 Å². The van der Waals surface area contributed by atoms with Gasteiger partial charge in [0.15, 0.2) is 5.79 Å². The van der Waals surface area contributed by atoms with E-state index in [9.17, 15) is 5.11 Å². The predicted octanol–water partition coefficient (Wildman–Crippen LogP) is 2.23. The highest BCUT2D eigenvalue weighted by Gasteiger charge is 2.43. The van der Waals surface area contributed by atoms with Crippen LogP contribution in [0.4, 0.5) is 0 Å². The molecule has 1 aliphatic heterocycles. The zero-order valence-corrected chi connectivity index (χ0v) is 9.19. The Bertz CT molecular complexity index is 456. The van der Waals surface area contributed by atoms with Crippen LogP contribution in [0.25, 0.3) is 5.57 Å². The minimum atomic E-state index is -0.493. The lowest BCUT2D eigenvalue weighted by Gasteiger charge is -2.34. The zero-order valence-electron chi connectivity index (χ0n) is 9.19. The summed E-state index contributed by atoms with van der Waals surface area (Å²) in [6.45, 7) is 3.27. The monoisotopic (exact) mass is 218 g/mol. The van der Waals surface area contributed by atoms with Gasteiger partial charge >= 0.3 is 0 Å². The Morgan fingerprint density at radius 2 is 1.94 bits per heavy atom. The van der Waals surface area contributed by atoms with E-state index in [4.69, 9.17) is 9.47 Å². The number of benzene rings is 1. The van der Waals surface area contributed by atoms with Crippen LogP contribution in [0.15, 0.2) is 24.3 Å². The van der Waals surface area contributed by atoms with Gasteiger partial charge in [-0.2, -0.15) is 0 Å². The maximum atomic E-state index is 9.84. The molecular weight excluding hydrogens is 204 g/mol. The Morgan fingerprint density at radius 1 is 1.25 bits per heavy atom. The number of rotatable bonds is 1. The predicted molar refractivity (Wildman–Crippen MR) is 60.1 cm³/mol. The van der Waals surface area contributed by atoms with Crippen LogP contribution < -0.4 is 0 Å².